The number of ketones is 1. The fourth-order valence-corrected chi connectivity index (χ4v) is 2.28. The average molecular weight is 337 g/mol. The number of benzene rings is 2. The predicted molar refractivity (Wildman–Crippen MR) is 90.0 cm³/mol. The van der Waals surface area contributed by atoms with Gasteiger partial charge in [0, 0.05) is 30.1 Å². The molecule has 0 radical (unpaired) electrons. The van der Waals surface area contributed by atoms with E-state index in [9.17, 15) is 19.3 Å². The van der Waals surface area contributed by atoms with Crippen LogP contribution in [0.3, 0.4) is 0 Å². The molecule has 0 atom stereocenters. The van der Waals surface area contributed by atoms with E-state index in [0.717, 1.165) is 0 Å². The normalized spacial score (nSPS) is 10.9. The maximum atomic E-state index is 14.2. The van der Waals surface area contributed by atoms with E-state index in [2.05, 4.69) is 4.98 Å². The molecule has 0 aliphatic rings. The summed E-state index contributed by atoms with van der Waals surface area (Å²) in [5.74, 6) is -0.856. The Hall–Kier alpha value is -3.61. The highest BCUT2D eigenvalue weighted by Crippen LogP contribution is 2.17. The molecule has 0 bridgehead atoms. The van der Waals surface area contributed by atoms with Gasteiger partial charge >= 0.3 is 0 Å². The number of hydrogen-bond acceptors (Lipinski definition) is 4. The highest BCUT2D eigenvalue weighted by molar-refractivity contribution is 6.07. The topological polar surface area (TPSA) is 78.0 Å². The number of nitrogens with zero attached hydrogens (tertiary/aromatic N) is 3. The van der Waals surface area contributed by atoms with E-state index in [1.54, 1.807) is 24.5 Å². The lowest BCUT2D eigenvalue weighted by molar-refractivity contribution is -0.384. The van der Waals surface area contributed by atoms with Crippen molar-refractivity contribution in [3.63, 3.8) is 0 Å². The highest BCUT2D eigenvalue weighted by Gasteiger charge is 2.09. The van der Waals surface area contributed by atoms with Crippen LogP contribution in [0.15, 0.2) is 67.3 Å². The van der Waals surface area contributed by atoms with E-state index in [1.165, 1.54) is 53.4 Å². The molecule has 3 aromatic rings. The zero-order valence-electron chi connectivity index (χ0n) is 12.9. The molecule has 6 nitrogen and oxygen atoms in total. The highest BCUT2D eigenvalue weighted by atomic mass is 19.1. The predicted octanol–water partition coefficient (Wildman–Crippen LogP) is 3.82. The van der Waals surface area contributed by atoms with Crippen molar-refractivity contribution in [2.45, 2.75) is 0 Å². The summed E-state index contributed by atoms with van der Waals surface area (Å²) in [6.45, 7) is 0. The third kappa shape index (κ3) is 3.66. The van der Waals surface area contributed by atoms with Gasteiger partial charge in [-0.3, -0.25) is 14.9 Å². The van der Waals surface area contributed by atoms with Gasteiger partial charge < -0.3 is 4.57 Å². The van der Waals surface area contributed by atoms with Crippen LogP contribution in [0.2, 0.25) is 0 Å². The van der Waals surface area contributed by atoms with E-state index in [1.807, 2.05) is 0 Å². The molecule has 0 unspecified atom stereocenters. The Bertz CT molecular complexity index is 965. The number of halogens is 1. The summed E-state index contributed by atoms with van der Waals surface area (Å²) in [7, 11) is 0. The summed E-state index contributed by atoms with van der Waals surface area (Å²) in [6, 6.07) is 9.98. The number of carbonyl (C=O) groups excluding carboxylic acids is 1. The number of imidazole rings is 1. The third-order valence-electron chi connectivity index (χ3n) is 3.52. The monoisotopic (exact) mass is 337 g/mol. The van der Waals surface area contributed by atoms with Crippen molar-refractivity contribution in [3.05, 3.63) is 94.3 Å². The summed E-state index contributed by atoms with van der Waals surface area (Å²) >= 11 is 0. The van der Waals surface area contributed by atoms with E-state index in [4.69, 9.17) is 0 Å². The molecule has 1 aromatic heterocycles. The van der Waals surface area contributed by atoms with Gasteiger partial charge in [0.15, 0.2) is 5.78 Å². The number of carbonyl (C=O) groups is 1. The molecule has 0 N–H and O–H groups in total. The number of nitro benzene ring substituents is 1. The molecule has 0 aliphatic heterocycles. The second-order valence-corrected chi connectivity index (χ2v) is 5.19. The SMILES string of the molecule is O=C(C=Cc1ccc(-n2ccnc2)c(F)c1)c1cccc([N+](=O)[O-])c1. The molecule has 2 aromatic carbocycles. The Morgan fingerprint density at radius 2 is 2.08 bits per heavy atom. The van der Waals surface area contributed by atoms with Crippen molar-refractivity contribution < 1.29 is 14.1 Å². The first-order chi connectivity index (χ1) is 12.0. The van der Waals surface area contributed by atoms with Crippen LogP contribution in [0, 0.1) is 15.9 Å². The standard InChI is InChI=1S/C18H12FN3O3/c19-16-10-13(4-6-17(16)21-9-8-20-12-21)5-7-18(23)14-2-1-3-15(11-14)22(24)25/h1-12H. The lowest BCUT2D eigenvalue weighted by Crippen LogP contribution is -1.97. The molecule has 0 aliphatic carbocycles. The van der Waals surface area contributed by atoms with E-state index >= 15 is 0 Å². The fourth-order valence-electron chi connectivity index (χ4n) is 2.28. The van der Waals surface area contributed by atoms with Crippen molar-refractivity contribution in [1.29, 1.82) is 0 Å². The lowest BCUT2D eigenvalue weighted by atomic mass is 10.1. The Balaban J connectivity index is 1.80. The third-order valence-corrected chi connectivity index (χ3v) is 3.52. The first-order valence-corrected chi connectivity index (χ1v) is 7.29. The van der Waals surface area contributed by atoms with Crippen LogP contribution in [0.1, 0.15) is 15.9 Å². The van der Waals surface area contributed by atoms with E-state index < -0.39 is 16.5 Å². The summed E-state index contributed by atoms with van der Waals surface area (Å²) in [6.07, 6.45) is 7.37. The van der Waals surface area contributed by atoms with Gasteiger partial charge in [-0.15, -0.1) is 0 Å². The number of aromatic nitrogens is 2. The van der Waals surface area contributed by atoms with Gasteiger partial charge in [-0.25, -0.2) is 9.37 Å². The molecule has 25 heavy (non-hydrogen) atoms. The van der Waals surface area contributed by atoms with Crippen LogP contribution >= 0.6 is 0 Å². The van der Waals surface area contributed by atoms with Gasteiger partial charge in [0.2, 0.25) is 0 Å². The summed E-state index contributed by atoms with van der Waals surface area (Å²) in [5, 5.41) is 10.8. The van der Waals surface area contributed by atoms with Crippen molar-refractivity contribution in [2.75, 3.05) is 0 Å². The number of non-ortho nitro benzene ring substituents is 1. The minimum Gasteiger partial charge on any atom is -0.303 e. The summed E-state index contributed by atoms with van der Waals surface area (Å²) in [4.78, 5) is 26.2. The quantitative estimate of drug-likeness (QED) is 0.307. The van der Waals surface area contributed by atoms with Crippen LogP contribution < -0.4 is 0 Å². The zero-order valence-corrected chi connectivity index (χ0v) is 12.9. The Morgan fingerprint density at radius 3 is 2.76 bits per heavy atom. The van der Waals surface area contributed by atoms with Crippen molar-refractivity contribution >= 4 is 17.5 Å². The van der Waals surface area contributed by atoms with Gasteiger partial charge in [-0.1, -0.05) is 24.3 Å². The van der Waals surface area contributed by atoms with Gasteiger partial charge in [0.1, 0.15) is 5.82 Å². The number of rotatable bonds is 5. The number of allylic oxidation sites excluding steroid dienone is 1. The largest absolute Gasteiger partial charge is 0.303 e. The second-order valence-electron chi connectivity index (χ2n) is 5.19. The molecule has 0 spiro atoms. The smallest absolute Gasteiger partial charge is 0.270 e. The molecular formula is C18H12FN3O3. The van der Waals surface area contributed by atoms with Crippen LogP contribution in [0.25, 0.3) is 11.8 Å². The molecule has 0 saturated carbocycles. The number of hydrogen-bond donors (Lipinski definition) is 0. The van der Waals surface area contributed by atoms with E-state index in [-0.39, 0.29) is 11.3 Å². The van der Waals surface area contributed by atoms with E-state index in [0.29, 0.717) is 11.3 Å². The van der Waals surface area contributed by atoms with Crippen LogP contribution in [0.5, 0.6) is 0 Å². The first-order valence-electron chi connectivity index (χ1n) is 7.29. The average Bonchev–Trinajstić information content (AvgIpc) is 3.14. The Kier molecular flexibility index (Phi) is 4.47. The van der Waals surface area contributed by atoms with Crippen LogP contribution in [-0.4, -0.2) is 20.3 Å². The lowest BCUT2D eigenvalue weighted by Gasteiger charge is -2.04. The van der Waals surface area contributed by atoms with Crippen molar-refractivity contribution in [3.8, 4) is 5.69 Å². The molecule has 3 rings (SSSR count). The van der Waals surface area contributed by atoms with Gasteiger partial charge in [-0.2, -0.15) is 0 Å². The van der Waals surface area contributed by atoms with Crippen molar-refractivity contribution in [1.82, 2.24) is 9.55 Å². The Labute approximate surface area is 142 Å². The van der Waals surface area contributed by atoms with Gasteiger partial charge in [-0.05, 0) is 23.8 Å². The van der Waals surface area contributed by atoms with Crippen LogP contribution in [-0.2, 0) is 0 Å². The minimum atomic E-state index is -0.565. The molecule has 0 fully saturated rings. The van der Waals surface area contributed by atoms with Crippen LogP contribution in [0.4, 0.5) is 10.1 Å². The second kappa shape index (κ2) is 6.88. The molecule has 124 valence electrons. The molecular weight excluding hydrogens is 325 g/mol. The maximum Gasteiger partial charge on any atom is 0.270 e. The Morgan fingerprint density at radius 1 is 1.24 bits per heavy atom. The maximum absolute atomic E-state index is 14.2. The van der Waals surface area contributed by atoms with Gasteiger partial charge in [0.25, 0.3) is 5.69 Å². The van der Waals surface area contributed by atoms with Crippen molar-refractivity contribution in [2.24, 2.45) is 0 Å². The molecule has 0 amide bonds. The molecule has 1 heterocycles. The summed E-state index contributed by atoms with van der Waals surface area (Å²) < 4.78 is 15.7. The zero-order chi connectivity index (χ0) is 17.8. The first kappa shape index (κ1) is 16.3. The molecule has 7 heteroatoms. The molecule has 0 saturated heterocycles. The summed E-state index contributed by atoms with van der Waals surface area (Å²) in [5.41, 5.74) is 0.885. The minimum absolute atomic E-state index is 0.157. The fraction of sp³-hybridized carbons (Fsp3) is 0. The van der Waals surface area contributed by atoms with Gasteiger partial charge in [0.05, 0.1) is 16.9 Å². The number of nitro groups is 1.